The number of rotatable bonds is 8. The third-order valence-corrected chi connectivity index (χ3v) is 5.28. The smallest absolute Gasteiger partial charge is 0.247 e. The van der Waals surface area contributed by atoms with Gasteiger partial charge in [0.2, 0.25) is 21.8 Å². The Kier molecular flexibility index (Phi) is 5.88. The summed E-state index contributed by atoms with van der Waals surface area (Å²) >= 11 is 0. The summed E-state index contributed by atoms with van der Waals surface area (Å²) in [5.41, 5.74) is 1.93. The number of nitrogens with zero attached hydrogens (tertiary/aromatic N) is 2. The maximum Gasteiger partial charge on any atom is 0.247 e. The molecular weight excluding hydrogens is 366 g/mol. The standard InChI is InChI=1S/C19H21N3O4S/c1-3-25-16-7-9-17(10-8-16)27(23,24)20-12-11-18-21-22-19(26-18)15-6-4-5-14(2)13-15/h4-10,13,20H,3,11-12H2,1-2H3. The summed E-state index contributed by atoms with van der Waals surface area (Å²) in [7, 11) is -3.61. The van der Waals surface area contributed by atoms with Crippen molar-refractivity contribution in [2.75, 3.05) is 13.2 Å². The van der Waals surface area contributed by atoms with Crippen LogP contribution in [-0.4, -0.2) is 31.8 Å². The van der Waals surface area contributed by atoms with Crippen LogP contribution in [0.2, 0.25) is 0 Å². The number of aromatic nitrogens is 2. The summed E-state index contributed by atoms with van der Waals surface area (Å²) in [5.74, 6) is 1.43. The van der Waals surface area contributed by atoms with Crippen molar-refractivity contribution in [3.05, 3.63) is 60.0 Å². The minimum atomic E-state index is -3.61. The van der Waals surface area contributed by atoms with Crippen LogP contribution < -0.4 is 9.46 Å². The van der Waals surface area contributed by atoms with Gasteiger partial charge in [0.25, 0.3) is 0 Å². The summed E-state index contributed by atoms with van der Waals surface area (Å²) in [4.78, 5) is 0.178. The lowest BCUT2D eigenvalue weighted by Gasteiger charge is -2.07. The van der Waals surface area contributed by atoms with Gasteiger partial charge in [-0.05, 0) is 50.2 Å². The van der Waals surface area contributed by atoms with E-state index in [2.05, 4.69) is 14.9 Å². The van der Waals surface area contributed by atoms with Crippen LogP contribution in [0.5, 0.6) is 5.75 Å². The Balaban J connectivity index is 1.59. The molecule has 0 atom stereocenters. The average Bonchev–Trinajstić information content (AvgIpc) is 3.11. The zero-order valence-corrected chi connectivity index (χ0v) is 16.0. The molecule has 0 unspecified atom stereocenters. The van der Waals surface area contributed by atoms with E-state index in [0.29, 0.717) is 30.6 Å². The topological polar surface area (TPSA) is 94.3 Å². The van der Waals surface area contributed by atoms with Crippen LogP contribution >= 0.6 is 0 Å². The van der Waals surface area contributed by atoms with Crippen molar-refractivity contribution in [3.8, 4) is 17.2 Å². The molecular formula is C19H21N3O4S. The molecule has 8 heteroatoms. The van der Waals surface area contributed by atoms with Gasteiger partial charge >= 0.3 is 0 Å². The fraction of sp³-hybridized carbons (Fsp3) is 0.263. The van der Waals surface area contributed by atoms with E-state index in [0.717, 1.165) is 11.1 Å². The van der Waals surface area contributed by atoms with Gasteiger partial charge in [-0.1, -0.05) is 17.7 Å². The fourth-order valence-corrected chi connectivity index (χ4v) is 3.54. The maximum absolute atomic E-state index is 12.3. The number of benzene rings is 2. The molecule has 0 fully saturated rings. The molecule has 1 N–H and O–H groups in total. The number of sulfonamides is 1. The molecule has 0 aliphatic heterocycles. The van der Waals surface area contributed by atoms with Gasteiger partial charge in [0.15, 0.2) is 0 Å². The first-order chi connectivity index (χ1) is 13.0. The SMILES string of the molecule is CCOc1ccc(S(=O)(=O)NCCc2nnc(-c3cccc(C)c3)o2)cc1. The fourth-order valence-electron chi connectivity index (χ4n) is 2.51. The van der Waals surface area contributed by atoms with E-state index in [9.17, 15) is 8.42 Å². The number of ether oxygens (including phenoxy) is 1. The Bertz CT molecular complexity index is 998. The lowest BCUT2D eigenvalue weighted by atomic mass is 10.1. The molecule has 0 amide bonds. The molecule has 1 heterocycles. The molecule has 2 aromatic carbocycles. The van der Waals surface area contributed by atoms with Gasteiger partial charge in [0.1, 0.15) is 5.75 Å². The van der Waals surface area contributed by atoms with Crippen LogP contribution in [0.15, 0.2) is 57.8 Å². The van der Waals surface area contributed by atoms with Crippen LogP contribution in [0.4, 0.5) is 0 Å². The number of nitrogens with one attached hydrogen (secondary N) is 1. The summed E-state index contributed by atoms with van der Waals surface area (Å²) in [6.07, 6.45) is 0.301. The van der Waals surface area contributed by atoms with Gasteiger partial charge in [-0.15, -0.1) is 10.2 Å². The molecule has 0 aliphatic rings. The van der Waals surface area contributed by atoms with E-state index >= 15 is 0 Å². The Hall–Kier alpha value is -2.71. The lowest BCUT2D eigenvalue weighted by Crippen LogP contribution is -2.26. The summed E-state index contributed by atoms with van der Waals surface area (Å²) in [6.45, 7) is 4.54. The lowest BCUT2D eigenvalue weighted by molar-refractivity contribution is 0.340. The number of aryl methyl sites for hydroxylation is 1. The zero-order chi connectivity index (χ0) is 19.3. The molecule has 142 valence electrons. The van der Waals surface area contributed by atoms with Crippen molar-refractivity contribution in [1.29, 1.82) is 0 Å². The van der Waals surface area contributed by atoms with Crippen molar-refractivity contribution in [3.63, 3.8) is 0 Å². The molecule has 0 saturated heterocycles. The van der Waals surface area contributed by atoms with Crippen LogP contribution in [0.25, 0.3) is 11.5 Å². The van der Waals surface area contributed by atoms with E-state index in [1.807, 2.05) is 38.1 Å². The van der Waals surface area contributed by atoms with E-state index in [4.69, 9.17) is 9.15 Å². The maximum atomic E-state index is 12.3. The Labute approximate surface area is 158 Å². The quantitative estimate of drug-likeness (QED) is 0.639. The second-order valence-electron chi connectivity index (χ2n) is 5.92. The van der Waals surface area contributed by atoms with Crippen molar-refractivity contribution < 1.29 is 17.6 Å². The van der Waals surface area contributed by atoms with E-state index < -0.39 is 10.0 Å². The molecule has 3 rings (SSSR count). The third-order valence-electron chi connectivity index (χ3n) is 3.81. The van der Waals surface area contributed by atoms with Gasteiger partial charge in [-0.2, -0.15) is 0 Å². The summed E-state index contributed by atoms with van der Waals surface area (Å²) < 4.78 is 38.1. The van der Waals surface area contributed by atoms with E-state index in [1.54, 1.807) is 12.1 Å². The van der Waals surface area contributed by atoms with Crippen LogP contribution in [-0.2, 0) is 16.4 Å². The second kappa shape index (κ2) is 8.32. The largest absolute Gasteiger partial charge is 0.494 e. The van der Waals surface area contributed by atoms with Crippen molar-refractivity contribution in [2.24, 2.45) is 0 Å². The van der Waals surface area contributed by atoms with Gasteiger partial charge in [0.05, 0.1) is 11.5 Å². The Morgan fingerprint density at radius 3 is 2.59 bits per heavy atom. The molecule has 0 bridgehead atoms. The highest BCUT2D eigenvalue weighted by Crippen LogP contribution is 2.19. The molecule has 0 radical (unpaired) electrons. The highest BCUT2D eigenvalue weighted by atomic mass is 32.2. The first kappa shape index (κ1) is 19.1. The molecule has 7 nitrogen and oxygen atoms in total. The average molecular weight is 387 g/mol. The van der Waals surface area contributed by atoms with Crippen LogP contribution in [0, 0.1) is 6.92 Å². The second-order valence-corrected chi connectivity index (χ2v) is 7.69. The molecule has 27 heavy (non-hydrogen) atoms. The van der Waals surface area contributed by atoms with E-state index in [1.165, 1.54) is 12.1 Å². The predicted octanol–water partition coefficient (Wildman–Crippen LogP) is 2.96. The van der Waals surface area contributed by atoms with Crippen LogP contribution in [0.1, 0.15) is 18.4 Å². The van der Waals surface area contributed by atoms with Crippen molar-refractivity contribution >= 4 is 10.0 Å². The Morgan fingerprint density at radius 1 is 1.11 bits per heavy atom. The predicted molar refractivity (Wildman–Crippen MR) is 101 cm³/mol. The first-order valence-corrected chi connectivity index (χ1v) is 10.1. The first-order valence-electron chi connectivity index (χ1n) is 8.60. The molecule has 1 aromatic heterocycles. The third kappa shape index (κ3) is 4.93. The molecule has 0 aliphatic carbocycles. The van der Waals surface area contributed by atoms with E-state index in [-0.39, 0.29) is 11.4 Å². The van der Waals surface area contributed by atoms with Gasteiger partial charge in [0, 0.05) is 18.5 Å². The molecule has 0 spiro atoms. The number of hydrogen-bond donors (Lipinski definition) is 1. The Morgan fingerprint density at radius 2 is 1.89 bits per heavy atom. The number of hydrogen-bond acceptors (Lipinski definition) is 6. The van der Waals surface area contributed by atoms with Crippen molar-refractivity contribution in [2.45, 2.75) is 25.2 Å². The minimum absolute atomic E-state index is 0.158. The normalized spacial score (nSPS) is 11.5. The molecule has 3 aromatic rings. The van der Waals surface area contributed by atoms with Gasteiger partial charge in [-0.3, -0.25) is 0 Å². The molecule has 0 saturated carbocycles. The zero-order valence-electron chi connectivity index (χ0n) is 15.2. The van der Waals surface area contributed by atoms with Crippen LogP contribution in [0.3, 0.4) is 0 Å². The summed E-state index contributed by atoms with van der Waals surface area (Å²) in [5, 5.41) is 8.00. The monoisotopic (exact) mass is 387 g/mol. The van der Waals surface area contributed by atoms with Gasteiger partial charge in [-0.25, -0.2) is 13.1 Å². The minimum Gasteiger partial charge on any atom is -0.494 e. The van der Waals surface area contributed by atoms with Gasteiger partial charge < -0.3 is 9.15 Å². The highest BCUT2D eigenvalue weighted by molar-refractivity contribution is 7.89. The summed E-state index contributed by atoms with van der Waals surface area (Å²) in [6, 6.07) is 14.0. The van der Waals surface area contributed by atoms with Crippen molar-refractivity contribution in [1.82, 2.24) is 14.9 Å². The highest BCUT2D eigenvalue weighted by Gasteiger charge is 2.15.